The Hall–Kier alpha value is -0.940. The largest absolute Gasteiger partial charge is 0.326 e. The number of piperidine rings is 1. The monoisotopic (exact) mass is 235 g/mol. The first-order valence-corrected chi connectivity index (χ1v) is 6.73. The molecule has 0 amide bonds. The van der Waals surface area contributed by atoms with Gasteiger partial charge < -0.3 is 15.6 Å². The van der Waals surface area contributed by atoms with Gasteiger partial charge in [-0.05, 0) is 25.8 Å². The Labute approximate surface area is 102 Å². The van der Waals surface area contributed by atoms with Crippen LogP contribution >= 0.6 is 0 Å². The third-order valence-corrected chi connectivity index (χ3v) is 3.90. The molecule has 3 rings (SSSR count). The van der Waals surface area contributed by atoms with E-state index in [1.54, 1.807) is 0 Å². The van der Waals surface area contributed by atoms with Crippen LogP contribution < -0.4 is 11.1 Å². The lowest BCUT2D eigenvalue weighted by molar-refractivity contribution is 0.380. The average Bonchev–Trinajstić information content (AvgIpc) is 2.73. The second-order valence-corrected chi connectivity index (χ2v) is 5.29. The zero-order chi connectivity index (χ0) is 11.7. The standard InChI is InChI=1S/C12H21N5/c13-9-4-5-11-15-16-12(17(11)8-9)7-10-3-1-2-6-14-10/h9-10,14H,1-8,13H2. The predicted octanol–water partition coefficient (Wildman–Crippen LogP) is 0.236. The van der Waals surface area contributed by atoms with Gasteiger partial charge in [0, 0.05) is 31.5 Å². The Balaban J connectivity index is 1.72. The highest BCUT2D eigenvalue weighted by atomic mass is 15.3. The van der Waals surface area contributed by atoms with E-state index in [9.17, 15) is 0 Å². The lowest BCUT2D eigenvalue weighted by Crippen LogP contribution is -2.38. The molecule has 0 radical (unpaired) electrons. The molecule has 1 aromatic rings. The van der Waals surface area contributed by atoms with Crippen molar-refractivity contribution in [2.24, 2.45) is 5.73 Å². The number of hydrogen-bond donors (Lipinski definition) is 2. The summed E-state index contributed by atoms with van der Waals surface area (Å²) in [6.45, 7) is 2.04. The molecule has 5 heteroatoms. The van der Waals surface area contributed by atoms with E-state index < -0.39 is 0 Å². The molecule has 0 bridgehead atoms. The second kappa shape index (κ2) is 4.74. The molecule has 2 unspecified atom stereocenters. The molecule has 0 saturated carbocycles. The third kappa shape index (κ3) is 2.35. The molecule has 0 aliphatic carbocycles. The van der Waals surface area contributed by atoms with Crippen molar-refractivity contribution in [2.75, 3.05) is 6.54 Å². The van der Waals surface area contributed by atoms with Gasteiger partial charge in [0.15, 0.2) is 0 Å². The van der Waals surface area contributed by atoms with Crippen LogP contribution in [0.3, 0.4) is 0 Å². The fourth-order valence-corrected chi connectivity index (χ4v) is 2.88. The molecule has 1 aromatic heterocycles. The van der Waals surface area contributed by atoms with Crippen molar-refractivity contribution in [3.05, 3.63) is 11.6 Å². The van der Waals surface area contributed by atoms with Crippen LogP contribution in [0.25, 0.3) is 0 Å². The number of nitrogens with two attached hydrogens (primary N) is 1. The van der Waals surface area contributed by atoms with Gasteiger partial charge in [-0.3, -0.25) is 0 Å². The van der Waals surface area contributed by atoms with Crippen molar-refractivity contribution in [1.29, 1.82) is 0 Å². The number of nitrogens with zero attached hydrogens (tertiary/aromatic N) is 3. The Bertz CT molecular complexity index is 380. The molecule has 0 spiro atoms. The molecule has 1 fully saturated rings. The number of nitrogens with one attached hydrogen (secondary N) is 1. The van der Waals surface area contributed by atoms with Gasteiger partial charge in [-0.2, -0.15) is 0 Å². The number of aryl methyl sites for hydroxylation is 1. The topological polar surface area (TPSA) is 68.8 Å². The molecule has 94 valence electrons. The molecule has 0 aromatic carbocycles. The van der Waals surface area contributed by atoms with Gasteiger partial charge in [-0.25, -0.2) is 0 Å². The first-order valence-electron chi connectivity index (χ1n) is 6.73. The molecule has 17 heavy (non-hydrogen) atoms. The fraction of sp³-hybridized carbons (Fsp3) is 0.833. The first kappa shape index (κ1) is 11.2. The van der Waals surface area contributed by atoms with Gasteiger partial charge in [0.25, 0.3) is 0 Å². The van der Waals surface area contributed by atoms with Crippen LogP contribution in [-0.4, -0.2) is 33.4 Å². The Morgan fingerprint density at radius 3 is 3.06 bits per heavy atom. The van der Waals surface area contributed by atoms with E-state index in [4.69, 9.17) is 5.73 Å². The molecule has 5 nitrogen and oxygen atoms in total. The third-order valence-electron chi connectivity index (χ3n) is 3.90. The summed E-state index contributed by atoms with van der Waals surface area (Å²) < 4.78 is 2.24. The van der Waals surface area contributed by atoms with Crippen LogP contribution in [0.1, 0.15) is 37.3 Å². The maximum atomic E-state index is 6.02. The van der Waals surface area contributed by atoms with Gasteiger partial charge in [-0.1, -0.05) is 6.42 Å². The van der Waals surface area contributed by atoms with E-state index in [2.05, 4.69) is 20.1 Å². The van der Waals surface area contributed by atoms with Crippen LogP contribution in [0.4, 0.5) is 0 Å². The van der Waals surface area contributed by atoms with E-state index in [0.717, 1.165) is 44.0 Å². The molecule has 2 aliphatic rings. The zero-order valence-electron chi connectivity index (χ0n) is 10.2. The van der Waals surface area contributed by atoms with Crippen molar-refractivity contribution in [3.63, 3.8) is 0 Å². The maximum Gasteiger partial charge on any atom is 0.134 e. The van der Waals surface area contributed by atoms with Crippen LogP contribution in [0, 0.1) is 0 Å². The van der Waals surface area contributed by atoms with Gasteiger partial charge in [0.2, 0.25) is 0 Å². The summed E-state index contributed by atoms with van der Waals surface area (Å²) >= 11 is 0. The molecule has 2 aliphatic heterocycles. The van der Waals surface area contributed by atoms with E-state index in [0.29, 0.717) is 6.04 Å². The van der Waals surface area contributed by atoms with Crippen molar-refractivity contribution >= 4 is 0 Å². The molecular weight excluding hydrogens is 214 g/mol. The number of hydrogen-bond acceptors (Lipinski definition) is 4. The lowest BCUT2D eigenvalue weighted by atomic mass is 10.0. The van der Waals surface area contributed by atoms with Crippen LogP contribution in [0.2, 0.25) is 0 Å². The van der Waals surface area contributed by atoms with Crippen LogP contribution in [-0.2, 0) is 19.4 Å². The molecule has 3 N–H and O–H groups in total. The first-order chi connectivity index (χ1) is 8.33. The minimum atomic E-state index is 0.275. The number of fused-ring (bicyclic) bond motifs is 1. The Morgan fingerprint density at radius 1 is 1.29 bits per heavy atom. The second-order valence-electron chi connectivity index (χ2n) is 5.29. The van der Waals surface area contributed by atoms with Gasteiger partial charge in [0.1, 0.15) is 11.6 Å². The van der Waals surface area contributed by atoms with Crippen molar-refractivity contribution in [2.45, 2.75) is 57.2 Å². The summed E-state index contributed by atoms with van der Waals surface area (Å²) in [6, 6.07) is 0.853. The summed E-state index contributed by atoms with van der Waals surface area (Å²) in [6.07, 6.45) is 6.91. The highest BCUT2D eigenvalue weighted by molar-refractivity contribution is 5.03. The SMILES string of the molecule is NC1CCc2nnc(CC3CCCCN3)n2C1. The van der Waals surface area contributed by atoms with Crippen molar-refractivity contribution in [3.8, 4) is 0 Å². The summed E-state index contributed by atoms with van der Waals surface area (Å²) in [5, 5.41) is 12.2. The Kier molecular flexibility index (Phi) is 3.11. The fourth-order valence-electron chi connectivity index (χ4n) is 2.88. The smallest absolute Gasteiger partial charge is 0.134 e. The van der Waals surface area contributed by atoms with Gasteiger partial charge in [-0.15, -0.1) is 10.2 Å². The molecular formula is C12H21N5. The predicted molar refractivity (Wildman–Crippen MR) is 65.7 cm³/mol. The highest BCUT2D eigenvalue weighted by Gasteiger charge is 2.22. The van der Waals surface area contributed by atoms with Gasteiger partial charge in [0.05, 0.1) is 0 Å². The van der Waals surface area contributed by atoms with E-state index in [-0.39, 0.29) is 6.04 Å². The zero-order valence-corrected chi connectivity index (χ0v) is 10.2. The average molecular weight is 235 g/mol. The summed E-state index contributed by atoms with van der Waals surface area (Å²) in [5.41, 5.74) is 6.02. The lowest BCUT2D eigenvalue weighted by Gasteiger charge is -2.25. The van der Waals surface area contributed by atoms with Crippen LogP contribution in [0.5, 0.6) is 0 Å². The van der Waals surface area contributed by atoms with Crippen LogP contribution in [0.15, 0.2) is 0 Å². The normalized spacial score (nSPS) is 29.0. The summed E-state index contributed by atoms with van der Waals surface area (Å²) in [4.78, 5) is 0. The Morgan fingerprint density at radius 2 is 2.24 bits per heavy atom. The van der Waals surface area contributed by atoms with Gasteiger partial charge >= 0.3 is 0 Å². The minimum Gasteiger partial charge on any atom is -0.326 e. The number of rotatable bonds is 2. The maximum absolute atomic E-state index is 6.02. The van der Waals surface area contributed by atoms with E-state index >= 15 is 0 Å². The molecule has 1 saturated heterocycles. The number of aromatic nitrogens is 3. The minimum absolute atomic E-state index is 0.275. The quantitative estimate of drug-likeness (QED) is 0.770. The summed E-state index contributed by atoms with van der Waals surface area (Å²) in [7, 11) is 0. The molecule has 2 atom stereocenters. The molecule has 3 heterocycles. The van der Waals surface area contributed by atoms with E-state index in [1.807, 2.05) is 0 Å². The van der Waals surface area contributed by atoms with Crippen molar-refractivity contribution < 1.29 is 0 Å². The van der Waals surface area contributed by atoms with E-state index in [1.165, 1.54) is 19.3 Å². The summed E-state index contributed by atoms with van der Waals surface area (Å²) in [5.74, 6) is 2.24. The highest BCUT2D eigenvalue weighted by Crippen LogP contribution is 2.17. The van der Waals surface area contributed by atoms with Crippen molar-refractivity contribution in [1.82, 2.24) is 20.1 Å².